The van der Waals surface area contributed by atoms with E-state index >= 15 is 0 Å². The summed E-state index contributed by atoms with van der Waals surface area (Å²) in [5, 5.41) is 2.74. The zero-order chi connectivity index (χ0) is 8.85. The lowest BCUT2D eigenvalue weighted by atomic mass is 10.2. The second kappa shape index (κ2) is 5.24. The number of halogens is 1. The van der Waals surface area contributed by atoms with Crippen LogP contribution in [0.4, 0.5) is 4.79 Å². The number of carbonyl (C=O) groups is 1. The molecular formula is C7H15ClN2O. The molecule has 0 bridgehead atoms. The Morgan fingerprint density at radius 1 is 1.64 bits per heavy atom. The molecule has 1 atom stereocenters. The van der Waals surface area contributed by atoms with Gasteiger partial charge in [-0.25, -0.2) is 4.79 Å². The van der Waals surface area contributed by atoms with E-state index in [-0.39, 0.29) is 6.03 Å². The quantitative estimate of drug-likeness (QED) is 0.646. The molecule has 66 valence electrons. The lowest BCUT2D eigenvalue weighted by Gasteiger charge is -2.13. The van der Waals surface area contributed by atoms with E-state index in [1.54, 1.807) is 14.1 Å². The summed E-state index contributed by atoms with van der Waals surface area (Å²) in [6.07, 6.45) is 0. The summed E-state index contributed by atoms with van der Waals surface area (Å²) < 4.78 is 0. The van der Waals surface area contributed by atoms with Crippen LogP contribution in [-0.2, 0) is 0 Å². The summed E-state index contributed by atoms with van der Waals surface area (Å²) in [6.45, 7) is 2.63. The molecule has 0 aliphatic heterocycles. The van der Waals surface area contributed by atoms with Crippen molar-refractivity contribution in [2.45, 2.75) is 6.92 Å². The van der Waals surface area contributed by atoms with Crippen LogP contribution in [-0.4, -0.2) is 37.5 Å². The number of urea groups is 1. The fourth-order valence-electron chi connectivity index (χ4n) is 0.474. The summed E-state index contributed by atoms with van der Waals surface area (Å²) >= 11 is 5.55. The molecule has 0 saturated heterocycles. The van der Waals surface area contributed by atoms with E-state index in [1.807, 2.05) is 6.92 Å². The molecular weight excluding hydrogens is 164 g/mol. The third-order valence-corrected chi connectivity index (χ3v) is 1.80. The highest BCUT2D eigenvalue weighted by molar-refractivity contribution is 6.18. The van der Waals surface area contributed by atoms with Gasteiger partial charge < -0.3 is 10.2 Å². The lowest BCUT2D eigenvalue weighted by Crippen LogP contribution is -2.37. The number of nitrogens with zero attached hydrogens (tertiary/aromatic N) is 1. The molecule has 0 aromatic carbocycles. The van der Waals surface area contributed by atoms with Crippen molar-refractivity contribution in [3.63, 3.8) is 0 Å². The van der Waals surface area contributed by atoms with E-state index < -0.39 is 0 Å². The van der Waals surface area contributed by atoms with Gasteiger partial charge in [0.15, 0.2) is 0 Å². The van der Waals surface area contributed by atoms with Gasteiger partial charge in [0, 0.05) is 26.5 Å². The van der Waals surface area contributed by atoms with E-state index in [4.69, 9.17) is 11.6 Å². The van der Waals surface area contributed by atoms with Crippen molar-refractivity contribution in [3.8, 4) is 0 Å². The van der Waals surface area contributed by atoms with E-state index in [2.05, 4.69) is 5.32 Å². The number of alkyl halides is 1. The second-order valence-electron chi connectivity index (χ2n) is 2.84. The minimum absolute atomic E-state index is 0.0676. The Balaban J connectivity index is 3.46. The minimum atomic E-state index is -0.0676. The van der Waals surface area contributed by atoms with Gasteiger partial charge in [-0.15, -0.1) is 11.6 Å². The van der Waals surface area contributed by atoms with E-state index in [0.717, 1.165) is 0 Å². The monoisotopic (exact) mass is 178 g/mol. The van der Waals surface area contributed by atoms with Gasteiger partial charge in [0.1, 0.15) is 0 Å². The van der Waals surface area contributed by atoms with Crippen molar-refractivity contribution >= 4 is 17.6 Å². The van der Waals surface area contributed by atoms with Gasteiger partial charge in [0.05, 0.1) is 0 Å². The zero-order valence-electron chi connectivity index (χ0n) is 7.22. The number of amides is 2. The molecule has 0 rings (SSSR count). The molecule has 1 N–H and O–H groups in total. The molecule has 0 spiro atoms. The molecule has 0 radical (unpaired) electrons. The topological polar surface area (TPSA) is 32.3 Å². The highest BCUT2D eigenvalue weighted by Gasteiger charge is 2.04. The van der Waals surface area contributed by atoms with Crippen LogP contribution in [0, 0.1) is 5.92 Å². The smallest absolute Gasteiger partial charge is 0.316 e. The Labute approximate surface area is 72.7 Å². The molecule has 0 aliphatic carbocycles. The maximum absolute atomic E-state index is 10.9. The normalized spacial score (nSPS) is 12.4. The molecule has 0 aromatic rings. The standard InChI is InChI=1S/C7H15ClN2O/c1-6(4-8)5-9-7(11)10(2)3/h6H,4-5H2,1-3H3,(H,9,11). The number of rotatable bonds is 3. The van der Waals surface area contributed by atoms with E-state index in [9.17, 15) is 4.79 Å². The third-order valence-electron chi connectivity index (χ3n) is 1.27. The largest absolute Gasteiger partial charge is 0.338 e. The summed E-state index contributed by atoms with van der Waals surface area (Å²) in [4.78, 5) is 12.4. The van der Waals surface area contributed by atoms with Gasteiger partial charge in [0.25, 0.3) is 0 Å². The van der Waals surface area contributed by atoms with Crippen LogP contribution >= 0.6 is 11.6 Å². The molecule has 2 amide bonds. The Morgan fingerprint density at radius 3 is 2.55 bits per heavy atom. The lowest BCUT2D eigenvalue weighted by molar-refractivity contribution is 0.216. The summed E-state index contributed by atoms with van der Waals surface area (Å²) in [5.74, 6) is 0.911. The van der Waals surface area contributed by atoms with Gasteiger partial charge in [0.2, 0.25) is 0 Å². The predicted octanol–water partition coefficient (Wildman–Crippen LogP) is 1.13. The van der Waals surface area contributed by atoms with Crippen LogP contribution in [0.2, 0.25) is 0 Å². The maximum atomic E-state index is 10.9. The summed E-state index contributed by atoms with van der Waals surface area (Å²) in [6, 6.07) is -0.0676. The molecule has 11 heavy (non-hydrogen) atoms. The van der Waals surface area contributed by atoms with Crippen molar-refractivity contribution in [2.24, 2.45) is 5.92 Å². The van der Waals surface area contributed by atoms with Gasteiger partial charge >= 0.3 is 6.03 Å². The van der Waals surface area contributed by atoms with Crippen molar-refractivity contribution in [2.75, 3.05) is 26.5 Å². The van der Waals surface area contributed by atoms with Crippen LogP contribution in [0.15, 0.2) is 0 Å². The van der Waals surface area contributed by atoms with Gasteiger partial charge in [-0.1, -0.05) is 6.92 Å². The minimum Gasteiger partial charge on any atom is -0.338 e. The molecule has 0 heterocycles. The van der Waals surface area contributed by atoms with Crippen molar-refractivity contribution in [1.82, 2.24) is 10.2 Å². The van der Waals surface area contributed by atoms with Crippen molar-refractivity contribution < 1.29 is 4.79 Å². The number of hydrogen-bond donors (Lipinski definition) is 1. The first-order chi connectivity index (χ1) is 5.07. The zero-order valence-corrected chi connectivity index (χ0v) is 7.98. The summed E-state index contributed by atoms with van der Waals surface area (Å²) in [7, 11) is 3.42. The number of nitrogens with one attached hydrogen (secondary N) is 1. The molecule has 0 aromatic heterocycles. The Kier molecular flexibility index (Phi) is 5.03. The predicted molar refractivity (Wildman–Crippen MR) is 47.0 cm³/mol. The first-order valence-electron chi connectivity index (χ1n) is 3.59. The molecule has 1 unspecified atom stereocenters. The molecule has 4 heteroatoms. The highest BCUT2D eigenvalue weighted by Crippen LogP contribution is 1.94. The fraction of sp³-hybridized carbons (Fsp3) is 0.857. The first kappa shape index (κ1) is 10.6. The molecule has 0 saturated carbocycles. The van der Waals surface area contributed by atoms with Crippen LogP contribution in [0.25, 0.3) is 0 Å². The summed E-state index contributed by atoms with van der Waals surface area (Å²) in [5.41, 5.74) is 0. The van der Waals surface area contributed by atoms with Crippen molar-refractivity contribution in [1.29, 1.82) is 0 Å². The van der Waals surface area contributed by atoms with Crippen molar-refractivity contribution in [3.05, 3.63) is 0 Å². The second-order valence-corrected chi connectivity index (χ2v) is 3.15. The Bertz CT molecular complexity index is 128. The van der Waals surface area contributed by atoms with Crippen LogP contribution in [0.3, 0.4) is 0 Å². The fourth-order valence-corrected chi connectivity index (χ4v) is 0.583. The van der Waals surface area contributed by atoms with Crippen LogP contribution in [0.1, 0.15) is 6.92 Å². The maximum Gasteiger partial charge on any atom is 0.316 e. The third kappa shape index (κ3) is 4.90. The SMILES string of the molecule is CC(CCl)CNC(=O)N(C)C. The van der Waals surface area contributed by atoms with Gasteiger partial charge in [-0.2, -0.15) is 0 Å². The van der Waals surface area contributed by atoms with Crippen LogP contribution < -0.4 is 5.32 Å². The average Bonchev–Trinajstić information content (AvgIpc) is 1.99. The highest BCUT2D eigenvalue weighted by atomic mass is 35.5. The molecule has 3 nitrogen and oxygen atoms in total. The number of hydrogen-bond acceptors (Lipinski definition) is 1. The van der Waals surface area contributed by atoms with Gasteiger partial charge in [-0.3, -0.25) is 0 Å². The van der Waals surface area contributed by atoms with E-state index in [0.29, 0.717) is 18.3 Å². The number of carbonyl (C=O) groups excluding carboxylic acids is 1. The van der Waals surface area contributed by atoms with Crippen LogP contribution in [0.5, 0.6) is 0 Å². The molecule has 0 aliphatic rings. The molecule has 0 fully saturated rings. The van der Waals surface area contributed by atoms with Gasteiger partial charge in [-0.05, 0) is 5.92 Å². The Morgan fingerprint density at radius 2 is 2.18 bits per heavy atom. The van der Waals surface area contributed by atoms with E-state index in [1.165, 1.54) is 4.90 Å². The first-order valence-corrected chi connectivity index (χ1v) is 4.12. The Hall–Kier alpha value is -0.440. The average molecular weight is 179 g/mol.